The van der Waals surface area contributed by atoms with E-state index in [0.29, 0.717) is 6.61 Å². The molecule has 4 rings (SSSR count). The number of hydrogen-bond acceptors (Lipinski definition) is 4. The van der Waals surface area contributed by atoms with Gasteiger partial charge in [0.1, 0.15) is 6.10 Å². The molecule has 0 radical (unpaired) electrons. The fourth-order valence-electron chi connectivity index (χ4n) is 4.45. The molecule has 4 nitrogen and oxygen atoms in total. The van der Waals surface area contributed by atoms with Gasteiger partial charge in [-0.05, 0) is 53.5 Å². The minimum Gasteiger partial charge on any atom is -0.375 e. The van der Waals surface area contributed by atoms with E-state index >= 15 is 0 Å². The summed E-state index contributed by atoms with van der Waals surface area (Å²) in [5.74, 6) is 0. The molecule has 0 aliphatic carbocycles. The number of hydrogen-bond donors (Lipinski definition) is 0. The van der Waals surface area contributed by atoms with Crippen LogP contribution >= 0.6 is 0 Å². The van der Waals surface area contributed by atoms with Crippen LogP contribution in [-0.2, 0) is 39.8 Å². The molecule has 0 aromatic carbocycles. The number of nitrogens with zero attached hydrogens (tertiary/aromatic N) is 2. The second-order valence-electron chi connectivity index (χ2n) is 9.77. The van der Waals surface area contributed by atoms with Gasteiger partial charge in [0.05, 0.1) is 31.2 Å². The monoisotopic (exact) mass is 380 g/mol. The quantitative estimate of drug-likeness (QED) is 0.765. The Morgan fingerprint density at radius 1 is 1.04 bits per heavy atom. The van der Waals surface area contributed by atoms with Gasteiger partial charge in [-0.2, -0.15) is 0 Å². The zero-order valence-corrected chi connectivity index (χ0v) is 17.8. The lowest BCUT2D eigenvalue weighted by molar-refractivity contribution is 0.0197. The highest BCUT2D eigenvalue weighted by Crippen LogP contribution is 2.40. The largest absolute Gasteiger partial charge is 0.375 e. The number of rotatable bonds is 3. The first kappa shape index (κ1) is 19.5. The SMILES string of the molecule is CC(C)(C)c1ccc2c(n1)C(CC(C)(C)c1ccnc3c1CCOC3)OCC2. The molecule has 4 heterocycles. The fraction of sp³-hybridized carbons (Fsp3) is 0.583. The third-order valence-electron chi connectivity index (χ3n) is 6.08. The van der Waals surface area contributed by atoms with Crippen molar-refractivity contribution in [2.45, 2.75) is 77.4 Å². The Labute approximate surface area is 168 Å². The van der Waals surface area contributed by atoms with Crippen LogP contribution in [-0.4, -0.2) is 23.2 Å². The minimum absolute atomic E-state index is 0.0247. The third-order valence-corrected chi connectivity index (χ3v) is 6.08. The minimum atomic E-state index is -0.0247. The van der Waals surface area contributed by atoms with Gasteiger partial charge < -0.3 is 9.47 Å². The lowest BCUT2D eigenvalue weighted by Crippen LogP contribution is -2.29. The summed E-state index contributed by atoms with van der Waals surface area (Å²) in [6.07, 6.45) is 4.76. The van der Waals surface area contributed by atoms with E-state index in [9.17, 15) is 0 Å². The maximum absolute atomic E-state index is 6.27. The highest BCUT2D eigenvalue weighted by molar-refractivity contribution is 5.37. The Balaban J connectivity index is 1.67. The smallest absolute Gasteiger partial charge is 0.101 e. The van der Waals surface area contributed by atoms with Gasteiger partial charge in [-0.25, -0.2) is 0 Å². The first-order valence-electron chi connectivity index (χ1n) is 10.4. The molecule has 2 aromatic rings. The van der Waals surface area contributed by atoms with Gasteiger partial charge in [0.25, 0.3) is 0 Å². The van der Waals surface area contributed by atoms with Crippen molar-refractivity contribution in [3.8, 4) is 0 Å². The van der Waals surface area contributed by atoms with Crippen LogP contribution in [0.15, 0.2) is 24.4 Å². The van der Waals surface area contributed by atoms with Crippen molar-refractivity contribution in [3.63, 3.8) is 0 Å². The molecule has 0 saturated carbocycles. The van der Waals surface area contributed by atoms with Crippen molar-refractivity contribution in [2.75, 3.05) is 13.2 Å². The summed E-state index contributed by atoms with van der Waals surface area (Å²) < 4.78 is 11.9. The van der Waals surface area contributed by atoms with Gasteiger partial charge in [0.2, 0.25) is 0 Å². The molecule has 28 heavy (non-hydrogen) atoms. The van der Waals surface area contributed by atoms with Crippen LogP contribution in [0, 0.1) is 0 Å². The average Bonchev–Trinajstić information content (AvgIpc) is 2.66. The molecule has 2 aromatic heterocycles. The van der Waals surface area contributed by atoms with Gasteiger partial charge >= 0.3 is 0 Å². The summed E-state index contributed by atoms with van der Waals surface area (Å²) >= 11 is 0. The first-order valence-corrected chi connectivity index (χ1v) is 10.4. The summed E-state index contributed by atoms with van der Waals surface area (Å²) in [6.45, 7) is 13.5. The molecule has 1 unspecified atom stereocenters. The van der Waals surface area contributed by atoms with E-state index in [1.807, 2.05) is 6.20 Å². The highest BCUT2D eigenvalue weighted by Gasteiger charge is 2.34. The molecule has 0 amide bonds. The van der Waals surface area contributed by atoms with Crippen molar-refractivity contribution in [2.24, 2.45) is 0 Å². The van der Waals surface area contributed by atoms with E-state index < -0.39 is 0 Å². The fourth-order valence-corrected chi connectivity index (χ4v) is 4.45. The predicted molar refractivity (Wildman–Crippen MR) is 111 cm³/mol. The summed E-state index contributed by atoms with van der Waals surface area (Å²) in [5.41, 5.74) is 7.46. The van der Waals surface area contributed by atoms with Gasteiger partial charge in [0, 0.05) is 17.3 Å². The van der Waals surface area contributed by atoms with Crippen LogP contribution in [0.5, 0.6) is 0 Å². The van der Waals surface area contributed by atoms with Crippen molar-refractivity contribution in [3.05, 3.63) is 58.2 Å². The second kappa shape index (κ2) is 7.23. The Morgan fingerprint density at radius 3 is 2.64 bits per heavy atom. The topological polar surface area (TPSA) is 44.2 Å². The van der Waals surface area contributed by atoms with E-state index in [0.717, 1.165) is 49.6 Å². The molecule has 0 fully saturated rings. The predicted octanol–water partition coefficient (Wildman–Crippen LogP) is 4.83. The third kappa shape index (κ3) is 3.72. The van der Waals surface area contributed by atoms with Gasteiger partial charge in [-0.3, -0.25) is 9.97 Å². The van der Waals surface area contributed by atoms with E-state index in [1.165, 1.54) is 16.7 Å². The number of aromatic nitrogens is 2. The summed E-state index contributed by atoms with van der Waals surface area (Å²) in [6, 6.07) is 6.63. The van der Waals surface area contributed by atoms with Crippen molar-refractivity contribution >= 4 is 0 Å². The van der Waals surface area contributed by atoms with Crippen molar-refractivity contribution in [1.82, 2.24) is 9.97 Å². The molecule has 1 atom stereocenters. The molecule has 0 spiro atoms. The summed E-state index contributed by atoms with van der Waals surface area (Å²) in [7, 11) is 0. The maximum atomic E-state index is 6.27. The van der Waals surface area contributed by atoms with E-state index in [4.69, 9.17) is 14.5 Å². The van der Waals surface area contributed by atoms with Gasteiger partial charge in [-0.1, -0.05) is 40.7 Å². The normalized spacial score (nSPS) is 19.8. The van der Waals surface area contributed by atoms with E-state index in [2.05, 4.69) is 57.8 Å². The van der Waals surface area contributed by atoms with Gasteiger partial charge in [0.15, 0.2) is 0 Å². The van der Waals surface area contributed by atoms with Crippen LogP contribution in [0.3, 0.4) is 0 Å². The lowest BCUT2D eigenvalue weighted by atomic mass is 9.75. The molecule has 150 valence electrons. The molecule has 0 N–H and O–H groups in total. The zero-order chi connectivity index (χ0) is 19.9. The van der Waals surface area contributed by atoms with Crippen LogP contribution in [0.1, 0.15) is 80.9 Å². The number of fused-ring (bicyclic) bond motifs is 2. The maximum Gasteiger partial charge on any atom is 0.101 e. The molecule has 0 bridgehead atoms. The highest BCUT2D eigenvalue weighted by atomic mass is 16.5. The summed E-state index contributed by atoms with van der Waals surface area (Å²) in [4.78, 5) is 9.62. The molecular weight excluding hydrogens is 348 g/mol. The van der Waals surface area contributed by atoms with Crippen LogP contribution in [0.25, 0.3) is 0 Å². The zero-order valence-electron chi connectivity index (χ0n) is 17.8. The van der Waals surface area contributed by atoms with Crippen LogP contribution < -0.4 is 0 Å². The van der Waals surface area contributed by atoms with Crippen molar-refractivity contribution in [1.29, 1.82) is 0 Å². The Morgan fingerprint density at radius 2 is 1.86 bits per heavy atom. The second-order valence-corrected chi connectivity index (χ2v) is 9.77. The Kier molecular flexibility index (Phi) is 5.05. The van der Waals surface area contributed by atoms with E-state index in [-0.39, 0.29) is 16.9 Å². The number of ether oxygens (including phenoxy) is 2. The molecule has 0 saturated heterocycles. The summed E-state index contributed by atoms with van der Waals surface area (Å²) in [5, 5.41) is 0. The van der Waals surface area contributed by atoms with Crippen LogP contribution in [0.4, 0.5) is 0 Å². The van der Waals surface area contributed by atoms with Crippen LogP contribution in [0.2, 0.25) is 0 Å². The molecule has 4 heteroatoms. The Hall–Kier alpha value is -1.78. The van der Waals surface area contributed by atoms with Crippen molar-refractivity contribution < 1.29 is 9.47 Å². The molecule has 2 aliphatic rings. The van der Waals surface area contributed by atoms with Gasteiger partial charge in [-0.15, -0.1) is 0 Å². The molecule has 2 aliphatic heterocycles. The standard InChI is InChI=1S/C24H32N2O2/c1-23(2,3)21-7-6-16-9-13-28-20(22(16)26-21)14-24(4,5)18-8-11-25-19-15-27-12-10-17(18)19/h6-8,11,20H,9-10,12-15H2,1-5H3. The molecular formula is C24H32N2O2. The number of pyridine rings is 2. The van der Waals surface area contributed by atoms with E-state index in [1.54, 1.807) is 0 Å². The lowest BCUT2D eigenvalue weighted by Gasteiger charge is -2.35. The Bertz CT molecular complexity index is 867. The average molecular weight is 381 g/mol. The first-order chi connectivity index (χ1) is 13.3.